The minimum Gasteiger partial charge on any atom is -0.354 e. The number of amides is 2. The van der Waals surface area contributed by atoms with Crippen molar-refractivity contribution in [3.63, 3.8) is 0 Å². The summed E-state index contributed by atoms with van der Waals surface area (Å²) < 4.78 is 26.8. The highest BCUT2D eigenvalue weighted by molar-refractivity contribution is 7.92. The number of carbonyl (C=O) groups is 2. The van der Waals surface area contributed by atoms with Crippen molar-refractivity contribution in [1.29, 1.82) is 0 Å². The first-order valence-corrected chi connectivity index (χ1v) is 15.7. The molecule has 1 N–H and O–H groups in total. The zero-order valence-corrected chi connectivity index (χ0v) is 25.3. The van der Waals surface area contributed by atoms with Gasteiger partial charge in [-0.2, -0.15) is 0 Å². The van der Waals surface area contributed by atoms with Gasteiger partial charge in [-0.25, -0.2) is 8.42 Å². The van der Waals surface area contributed by atoms with Crippen molar-refractivity contribution in [2.75, 3.05) is 23.7 Å². The molecule has 214 valence electrons. The number of halogens is 2. The molecule has 0 spiro atoms. The van der Waals surface area contributed by atoms with Gasteiger partial charge in [-0.1, -0.05) is 85.1 Å². The SMILES string of the molecule is CCCCNC(=O)[C@H](Cc1ccccc1)N(Cc1cccc(Cl)c1)C(=O)CN(c1ccc(C)c(Cl)c1)S(C)(=O)=O. The topological polar surface area (TPSA) is 86.8 Å². The van der Waals surface area contributed by atoms with Gasteiger partial charge in [0.2, 0.25) is 21.8 Å². The van der Waals surface area contributed by atoms with Crippen molar-refractivity contribution >= 4 is 50.7 Å². The Morgan fingerprint density at radius 2 is 1.65 bits per heavy atom. The minimum atomic E-state index is -3.87. The molecule has 0 saturated carbocycles. The fourth-order valence-corrected chi connectivity index (χ4v) is 5.47. The fourth-order valence-electron chi connectivity index (χ4n) is 4.24. The lowest BCUT2D eigenvalue weighted by atomic mass is 10.0. The van der Waals surface area contributed by atoms with Crippen LogP contribution in [0.25, 0.3) is 0 Å². The van der Waals surface area contributed by atoms with Crippen LogP contribution >= 0.6 is 23.2 Å². The summed E-state index contributed by atoms with van der Waals surface area (Å²) in [5.74, 6) is -0.842. The van der Waals surface area contributed by atoms with Crippen LogP contribution in [0.4, 0.5) is 5.69 Å². The largest absolute Gasteiger partial charge is 0.354 e. The van der Waals surface area contributed by atoms with Gasteiger partial charge in [0.15, 0.2) is 0 Å². The molecule has 3 aromatic rings. The highest BCUT2D eigenvalue weighted by Gasteiger charge is 2.33. The number of sulfonamides is 1. The normalized spacial score (nSPS) is 12.0. The maximum atomic E-state index is 14.1. The highest BCUT2D eigenvalue weighted by Crippen LogP contribution is 2.26. The van der Waals surface area contributed by atoms with Gasteiger partial charge in [0.1, 0.15) is 12.6 Å². The van der Waals surface area contributed by atoms with Crippen LogP contribution < -0.4 is 9.62 Å². The number of benzene rings is 3. The quantitative estimate of drug-likeness (QED) is 0.257. The highest BCUT2D eigenvalue weighted by atomic mass is 35.5. The molecule has 10 heteroatoms. The van der Waals surface area contributed by atoms with E-state index < -0.39 is 28.5 Å². The van der Waals surface area contributed by atoms with Crippen LogP contribution in [-0.2, 0) is 32.6 Å². The Kier molecular flexibility index (Phi) is 11.4. The molecule has 0 aromatic heterocycles. The molecule has 0 unspecified atom stereocenters. The summed E-state index contributed by atoms with van der Waals surface area (Å²) in [6.07, 6.45) is 2.98. The summed E-state index contributed by atoms with van der Waals surface area (Å²) in [4.78, 5) is 29.1. The molecule has 0 radical (unpaired) electrons. The standard InChI is InChI=1S/C30H35Cl2N3O4S/c1-4-5-16-33-30(37)28(18-23-10-7-6-8-11-23)34(20-24-12-9-13-25(31)17-24)29(36)21-35(40(3,38)39)26-15-14-22(2)27(32)19-26/h6-15,17,19,28H,4-5,16,18,20-21H2,1-3H3,(H,33,37)/t28-/m0/s1. The Balaban J connectivity index is 2.04. The van der Waals surface area contributed by atoms with E-state index in [1.807, 2.05) is 43.3 Å². The number of rotatable bonds is 13. The molecule has 0 aliphatic heterocycles. The molecule has 0 bridgehead atoms. The Labute approximate surface area is 247 Å². The number of anilines is 1. The van der Waals surface area contributed by atoms with E-state index >= 15 is 0 Å². The van der Waals surface area contributed by atoms with Gasteiger partial charge >= 0.3 is 0 Å². The van der Waals surface area contributed by atoms with Gasteiger partial charge in [-0.3, -0.25) is 13.9 Å². The van der Waals surface area contributed by atoms with E-state index in [9.17, 15) is 18.0 Å². The average molecular weight is 605 g/mol. The molecular weight excluding hydrogens is 569 g/mol. The number of aryl methyl sites for hydroxylation is 1. The summed E-state index contributed by atoms with van der Waals surface area (Å²) in [5, 5.41) is 3.83. The summed E-state index contributed by atoms with van der Waals surface area (Å²) in [7, 11) is -3.87. The maximum absolute atomic E-state index is 14.1. The van der Waals surface area contributed by atoms with Crippen molar-refractivity contribution < 1.29 is 18.0 Å². The van der Waals surface area contributed by atoms with Crippen LogP contribution in [0.15, 0.2) is 72.8 Å². The zero-order valence-electron chi connectivity index (χ0n) is 22.9. The first-order valence-electron chi connectivity index (χ1n) is 13.1. The van der Waals surface area contributed by atoms with Crippen LogP contribution in [-0.4, -0.2) is 50.5 Å². The van der Waals surface area contributed by atoms with Crippen LogP contribution in [0.1, 0.15) is 36.5 Å². The van der Waals surface area contributed by atoms with Gasteiger partial charge in [-0.15, -0.1) is 0 Å². The number of unbranched alkanes of at least 4 members (excludes halogenated alkanes) is 1. The molecule has 3 aromatic carbocycles. The van der Waals surface area contributed by atoms with E-state index in [2.05, 4.69) is 5.32 Å². The summed E-state index contributed by atoms with van der Waals surface area (Å²) in [6.45, 7) is 3.85. The zero-order chi connectivity index (χ0) is 29.3. The number of hydrogen-bond donors (Lipinski definition) is 1. The molecule has 0 aliphatic carbocycles. The first kappa shape index (κ1) is 31.5. The lowest BCUT2D eigenvalue weighted by molar-refractivity contribution is -0.140. The number of hydrogen-bond acceptors (Lipinski definition) is 4. The molecule has 1 atom stereocenters. The summed E-state index contributed by atoms with van der Waals surface area (Å²) >= 11 is 12.5. The van der Waals surface area contributed by atoms with Crippen molar-refractivity contribution in [3.8, 4) is 0 Å². The van der Waals surface area contributed by atoms with E-state index in [0.717, 1.165) is 34.5 Å². The molecule has 2 amide bonds. The van der Waals surface area contributed by atoms with Gasteiger partial charge in [0, 0.05) is 29.6 Å². The molecule has 0 saturated heterocycles. The van der Waals surface area contributed by atoms with Crippen LogP contribution in [0.5, 0.6) is 0 Å². The van der Waals surface area contributed by atoms with E-state index in [0.29, 0.717) is 22.2 Å². The van der Waals surface area contributed by atoms with E-state index in [1.54, 1.807) is 37.3 Å². The van der Waals surface area contributed by atoms with Gasteiger partial charge in [0.05, 0.1) is 11.9 Å². The van der Waals surface area contributed by atoms with Crippen molar-refractivity contribution in [2.45, 2.75) is 45.7 Å². The second-order valence-corrected chi connectivity index (χ2v) is 12.5. The van der Waals surface area contributed by atoms with Crippen molar-refractivity contribution in [2.24, 2.45) is 0 Å². The molecule has 40 heavy (non-hydrogen) atoms. The van der Waals surface area contributed by atoms with E-state index in [1.165, 1.54) is 11.0 Å². The number of nitrogens with zero attached hydrogens (tertiary/aromatic N) is 2. The van der Waals surface area contributed by atoms with Gasteiger partial charge in [0.25, 0.3) is 0 Å². The molecule has 7 nitrogen and oxygen atoms in total. The minimum absolute atomic E-state index is 0.0599. The third-order valence-electron chi connectivity index (χ3n) is 6.47. The number of carbonyl (C=O) groups excluding carboxylic acids is 2. The van der Waals surface area contributed by atoms with Crippen molar-refractivity contribution in [3.05, 3.63) is 99.5 Å². The van der Waals surface area contributed by atoms with E-state index in [4.69, 9.17) is 23.2 Å². The molecular formula is C30H35Cl2N3O4S. The molecule has 0 aliphatic rings. The number of nitrogens with one attached hydrogen (secondary N) is 1. The Morgan fingerprint density at radius 3 is 2.27 bits per heavy atom. The summed E-state index contributed by atoms with van der Waals surface area (Å²) in [5.41, 5.74) is 2.62. The smallest absolute Gasteiger partial charge is 0.244 e. The lowest BCUT2D eigenvalue weighted by Crippen LogP contribution is -2.53. The Morgan fingerprint density at radius 1 is 0.950 bits per heavy atom. The summed E-state index contributed by atoms with van der Waals surface area (Å²) in [6, 6.07) is 20.4. The predicted molar refractivity (Wildman–Crippen MR) is 162 cm³/mol. The third kappa shape index (κ3) is 8.98. The average Bonchev–Trinajstić information content (AvgIpc) is 2.91. The maximum Gasteiger partial charge on any atom is 0.244 e. The monoisotopic (exact) mass is 603 g/mol. The second kappa shape index (κ2) is 14.5. The molecule has 3 rings (SSSR count). The first-order chi connectivity index (χ1) is 19.0. The van der Waals surface area contributed by atoms with E-state index in [-0.39, 0.29) is 24.6 Å². The molecule has 0 heterocycles. The molecule has 0 fully saturated rings. The van der Waals surface area contributed by atoms with Gasteiger partial charge < -0.3 is 10.2 Å². The van der Waals surface area contributed by atoms with Gasteiger partial charge in [-0.05, 0) is 54.3 Å². The fraction of sp³-hybridized carbons (Fsp3) is 0.333. The van der Waals surface area contributed by atoms with Crippen LogP contribution in [0, 0.1) is 6.92 Å². The second-order valence-electron chi connectivity index (χ2n) is 9.70. The Hall–Kier alpha value is -3.07. The lowest BCUT2D eigenvalue weighted by Gasteiger charge is -2.33. The Bertz CT molecular complexity index is 1420. The van der Waals surface area contributed by atoms with Crippen LogP contribution in [0.2, 0.25) is 10.0 Å². The van der Waals surface area contributed by atoms with Crippen LogP contribution in [0.3, 0.4) is 0 Å². The predicted octanol–water partition coefficient (Wildman–Crippen LogP) is 5.62. The third-order valence-corrected chi connectivity index (χ3v) is 8.25. The van der Waals surface area contributed by atoms with Crippen molar-refractivity contribution in [1.82, 2.24) is 10.2 Å².